The summed E-state index contributed by atoms with van der Waals surface area (Å²) in [6.07, 6.45) is 2.74. The highest BCUT2D eigenvalue weighted by atomic mass is 16.5. The molecule has 0 aliphatic carbocycles. The molecule has 3 heteroatoms. The van der Waals surface area contributed by atoms with E-state index in [0.717, 1.165) is 26.1 Å². The second kappa shape index (κ2) is 8.18. The highest BCUT2D eigenvalue weighted by molar-refractivity contribution is 5.69. The molecule has 0 N–H and O–H groups in total. The maximum absolute atomic E-state index is 11.5. The molecule has 116 valence electrons. The van der Waals surface area contributed by atoms with Crippen molar-refractivity contribution < 1.29 is 9.53 Å². The van der Waals surface area contributed by atoms with Crippen LogP contribution >= 0.6 is 0 Å². The Hall–Kier alpha value is -1.35. The molecule has 1 saturated heterocycles. The first-order valence-corrected chi connectivity index (χ1v) is 8.05. The second-order valence-corrected chi connectivity index (χ2v) is 6.48. The molecule has 1 heterocycles. The van der Waals surface area contributed by atoms with Crippen molar-refractivity contribution in [1.29, 1.82) is 0 Å². The molecule has 1 aromatic rings. The molecule has 21 heavy (non-hydrogen) atoms. The van der Waals surface area contributed by atoms with Gasteiger partial charge in [0.05, 0.1) is 6.61 Å². The van der Waals surface area contributed by atoms with E-state index in [0.29, 0.717) is 24.9 Å². The van der Waals surface area contributed by atoms with Crippen molar-refractivity contribution in [2.24, 2.45) is 11.8 Å². The maximum Gasteiger partial charge on any atom is 0.306 e. The van der Waals surface area contributed by atoms with Crippen LogP contribution in [0.5, 0.6) is 0 Å². The third kappa shape index (κ3) is 5.88. The molecular weight excluding hydrogens is 262 g/mol. The first-order chi connectivity index (χ1) is 10.1. The van der Waals surface area contributed by atoms with E-state index >= 15 is 0 Å². The van der Waals surface area contributed by atoms with Crippen LogP contribution in [0.2, 0.25) is 0 Å². The summed E-state index contributed by atoms with van der Waals surface area (Å²) in [4.78, 5) is 14.0. The Morgan fingerprint density at radius 1 is 1.33 bits per heavy atom. The number of benzene rings is 1. The Balaban J connectivity index is 1.63. The van der Waals surface area contributed by atoms with Crippen molar-refractivity contribution in [2.75, 3.05) is 19.7 Å². The molecule has 1 aromatic carbocycles. The van der Waals surface area contributed by atoms with Crippen LogP contribution in [0.1, 0.15) is 38.7 Å². The zero-order valence-electron chi connectivity index (χ0n) is 13.3. The van der Waals surface area contributed by atoms with Crippen LogP contribution < -0.4 is 0 Å². The van der Waals surface area contributed by atoms with Crippen LogP contribution in [0.25, 0.3) is 0 Å². The smallest absolute Gasteiger partial charge is 0.306 e. The number of hydrogen-bond donors (Lipinski definition) is 0. The van der Waals surface area contributed by atoms with E-state index in [-0.39, 0.29) is 5.97 Å². The number of nitrogens with zero attached hydrogens (tertiary/aromatic N) is 1. The Morgan fingerprint density at radius 3 is 2.81 bits per heavy atom. The Bertz CT molecular complexity index is 430. The van der Waals surface area contributed by atoms with Crippen LogP contribution in [0.3, 0.4) is 0 Å². The zero-order valence-corrected chi connectivity index (χ0v) is 13.3. The van der Waals surface area contributed by atoms with Crippen LogP contribution in [0, 0.1) is 11.8 Å². The van der Waals surface area contributed by atoms with Crippen molar-refractivity contribution >= 4 is 5.97 Å². The van der Waals surface area contributed by atoms with E-state index in [9.17, 15) is 4.79 Å². The third-order valence-electron chi connectivity index (χ3n) is 3.98. The minimum absolute atomic E-state index is 0.0517. The lowest BCUT2D eigenvalue weighted by atomic mass is 10.1. The zero-order chi connectivity index (χ0) is 15.1. The minimum atomic E-state index is -0.0517. The van der Waals surface area contributed by atoms with Gasteiger partial charge < -0.3 is 4.74 Å². The molecule has 0 spiro atoms. The molecule has 2 rings (SSSR count). The van der Waals surface area contributed by atoms with Crippen LogP contribution in [0.15, 0.2) is 30.3 Å². The topological polar surface area (TPSA) is 29.5 Å². The molecule has 0 radical (unpaired) electrons. The van der Waals surface area contributed by atoms with E-state index in [1.54, 1.807) is 0 Å². The van der Waals surface area contributed by atoms with Gasteiger partial charge in [-0.1, -0.05) is 44.2 Å². The van der Waals surface area contributed by atoms with E-state index in [1.165, 1.54) is 12.0 Å². The van der Waals surface area contributed by atoms with E-state index < -0.39 is 0 Å². The van der Waals surface area contributed by atoms with Gasteiger partial charge in [0.15, 0.2) is 0 Å². The van der Waals surface area contributed by atoms with Gasteiger partial charge in [-0.2, -0.15) is 0 Å². The summed E-state index contributed by atoms with van der Waals surface area (Å²) in [6.45, 7) is 7.97. The van der Waals surface area contributed by atoms with Crippen LogP contribution in [-0.4, -0.2) is 30.6 Å². The van der Waals surface area contributed by atoms with Gasteiger partial charge in [-0.3, -0.25) is 9.69 Å². The molecular formula is C18H27NO2. The summed E-state index contributed by atoms with van der Waals surface area (Å²) in [5.74, 6) is 0.995. The highest BCUT2D eigenvalue weighted by Gasteiger charge is 2.22. The summed E-state index contributed by atoms with van der Waals surface area (Å²) < 4.78 is 5.31. The number of rotatable bonds is 7. The third-order valence-corrected chi connectivity index (χ3v) is 3.98. The van der Waals surface area contributed by atoms with Crippen LogP contribution in [-0.2, 0) is 16.1 Å². The quantitative estimate of drug-likeness (QED) is 0.720. The lowest BCUT2D eigenvalue weighted by molar-refractivity contribution is -0.144. The molecule has 1 aliphatic heterocycles. The van der Waals surface area contributed by atoms with Crippen LogP contribution in [0.4, 0.5) is 0 Å². The first-order valence-electron chi connectivity index (χ1n) is 8.05. The van der Waals surface area contributed by atoms with E-state index in [2.05, 4.69) is 35.2 Å². The molecule has 3 nitrogen and oxygen atoms in total. The number of likely N-dealkylation sites (tertiary alicyclic amines) is 1. The van der Waals surface area contributed by atoms with E-state index in [4.69, 9.17) is 4.74 Å². The molecule has 0 saturated carbocycles. The van der Waals surface area contributed by atoms with Crippen molar-refractivity contribution in [3.63, 3.8) is 0 Å². The van der Waals surface area contributed by atoms with Gasteiger partial charge in [-0.05, 0) is 36.8 Å². The molecule has 0 aromatic heterocycles. The fourth-order valence-corrected chi connectivity index (χ4v) is 2.87. The van der Waals surface area contributed by atoms with Gasteiger partial charge in [-0.25, -0.2) is 0 Å². The predicted molar refractivity (Wildman–Crippen MR) is 84.9 cm³/mol. The molecule has 0 amide bonds. The normalized spacial score (nSPS) is 19.1. The summed E-state index contributed by atoms with van der Waals surface area (Å²) in [7, 11) is 0. The first kappa shape index (κ1) is 16.0. The van der Waals surface area contributed by atoms with Crippen molar-refractivity contribution in [3.05, 3.63) is 35.9 Å². The van der Waals surface area contributed by atoms with Crippen molar-refractivity contribution in [3.8, 4) is 0 Å². The van der Waals surface area contributed by atoms with Gasteiger partial charge in [-0.15, -0.1) is 0 Å². The number of carbonyl (C=O) groups excluding carboxylic acids is 1. The summed E-state index contributed by atoms with van der Waals surface area (Å²) in [6, 6.07) is 10.6. The standard InChI is InChI=1S/C18H27NO2/c1-15(2)12-18(20)21-11-9-17-8-10-19(14-17)13-16-6-4-3-5-7-16/h3-7,15,17H,8-14H2,1-2H3/t17-/m0/s1. The fourth-order valence-electron chi connectivity index (χ4n) is 2.87. The maximum atomic E-state index is 11.5. The average Bonchev–Trinajstić information content (AvgIpc) is 2.86. The highest BCUT2D eigenvalue weighted by Crippen LogP contribution is 2.21. The van der Waals surface area contributed by atoms with Crippen molar-refractivity contribution in [1.82, 2.24) is 4.90 Å². The SMILES string of the molecule is CC(C)CC(=O)OCC[C@@H]1CCN(Cc2ccccc2)C1. The van der Waals surface area contributed by atoms with Crippen molar-refractivity contribution in [2.45, 2.75) is 39.7 Å². The van der Waals surface area contributed by atoms with Gasteiger partial charge in [0.25, 0.3) is 0 Å². The van der Waals surface area contributed by atoms with Gasteiger partial charge in [0, 0.05) is 19.5 Å². The van der Waals surface area contributed by atoms with Gasteiger partial charge in [0.2, 0.25) is 0 Å². The Labute approximate surface area is 128 Å². The number of ether oxygens (including phenoxy) is 1. The minimum Gasteiger partial charge on any atom is -0.466 e. The molecule has 0 bridgehead atoms. The molecule has 1 atom stereocenters. The Morgan fingerprint density at radius 2 is 2.10 bits per heavy atom. The number of carbonyl (C=O) groups is 1. The van der Waals surface area contributed by atoms with Gasteiger partial charge >= 0.3 is 5.97 Å². The molecule has 1 fully saturated rings. The monoisotopic (exact) mass is 289 g/mol. The lowest BCUT2D eigenvalue weighted by Crippen LogP contribution is -2.20. The largest absolute Gasteiger partial charge is 0.466 e. The second-order valence-electron chi connectivity index (χ2n) is 6.48. The summed E-state index contributed by atoms with van der Waals surface area (Å²) >= 11 is 0. The van der Waals surface area contributed by atoms with E-state index in [1.807, 2.05) is 13.8 Å². The average molecular weight is 289 g/mol. The number of esters is 1. The summed E-state index contributed by atoms with van der Waals surface area (Å²) in [5.41, 5.74) is 1.38. The molecule has 0 unspecified atom stereocenters. The summed E-state index contributed by atoms with van der Waals surface area (Å²) in [5, 5.41) is 0. The fraction of sp³-hybridized carbons (Fsp3) is 0.611. The Kier molecular flexibility index (Phi) is 6.24. The predicted octanol–water partition coefficient (Wildman–Crippen LogP) is 3.49. The molecule has 1 aliphatic rings. The lowest BCUT2D eigenvalue weighted by Gasteiger charge is -2.16. The number of hydrogen-bond acceptors (Lipinski definition) is 3. The van der Waals surface area contributed by atoms with Gasteiger partial charge in [0.1, 0.15) is 0 Å².